The van der Waals surface area contributed by atoms with E-state index in [-0.39, 0.29) is 12.0 Å². The van der Waals surface area contributed by atoms with E-state index in [1.54, 1.807) is 6.92 Å². The SMILES string of the molecule is CC(O)CCNC(=O)Cc1ccc(S)cc1. The molecule has 3 nitrogen and oxygen atoms in total. The predicted octanol–water partition coefficient (Wildman–Crippen LogP) is 1.40. The van der Waals surface area contributed by atoms with E-state index in [0.29, 0.717) is 19.4 Å². The third kappa shape index (κ3) is 5.19. The second kappa shape index (κ2) is 6.55. The summed E-state index contributed by atoms with van der Waals surface area (Å²) in [5.41, 5.74) is 0.965. The van der Waals surface area contributed by atoms with Crippen LogP contribution < -0.4 is 5.32 Å². The lowest BCUT2D eigenvalue weighted by Gasteiger charge is -2.06. The van der Waals surface area contributed by atoms with Gasteiger partial charge in [0.15, 0.2) is 0 Å². The highest BCUT2D eigenvalue weighted by Crippen LogP contribution is 2.08. The minimum atomic E-state index is -0.372. The number of hydrogen-bond donors (Lipinski definition) is 3. The molecule has 0 aliphatic heterocycles. The van der Waals surface area contributed by atoms with Gasteiger partial charge in [-0.3, -0.25) is 4.79 Å². The number of thiol groups is 1. The number of hydrogen-bond acceptors (Lipinski definition) is 3. The Morgan fingerprint density at radius 2 is 2.06 bits per heavy atom. The van der Waals surface area contributed by atoms with Crippen molar-refractivity contribution in [1.82, 2.24) is 5.32 Å². The summed E-state index contributed by atoms with van der Waals surface area (Å²) in [6.07, 6.45) is 0.582. The Kier molecular flexibility index (Phi) is 5.35. The first-order valence-electron chi connectivity index (χ1n) is 5.30. The average Bonchev–Trinajstić information content (AvgIpc) is 2.21. The van der Waals surface area contributed by atoms with Gasteiger partial charge in [-0.25, -0.2) is 0 Å². The van der Waals surface area contributed by atoms with Gasteiger partial charge in [0.25, 0.3) is 0 Å². The van der Waals surface area contributed by atoms with Crippen molar-refractivity contribution < 1.29 is 9.90 Å². The van der Waals surface area contributed by atoms with E-state index < -0.39 is 0 Å². The number of carbonyl (C=O) groups excluding carboxylic acids is 1. The molecule has 0 aliphatic rings. The maximum Gasteiger partial charge on any atom is 0.224 e. The number of aliphatic hydroxyl groups is 1. The molecule has 0 aliphatic carbocycles. The molecule has 1 aromatic carbocycles. The van der Waals surface area contributed by atoms with Gasteiger partial charge in [-0.15, -0.1) is 12.6 Å². The van der Waals surface area contributed by atoms with E-state index in [2.05, 4.69) is 17.9 Å². The average molecular weight is 239 g/mol. The normalized spacial score (nSPS) is 12.2. The minimum Gasteiger partial charge on any atom is -0.393 e. The van der Waals surface area contributed by atoms with Crippen molar-refractivity contribution >= 4 is 18.5 Å². The number of amides is 1. The third-order valence-electron chi connectivity index (χ3n) is 2.19. The molecule has 0 heterocycles. The van der Waals surface area contributed by atoms with Crippen LogP contribution >= 0.6 is 12.6 Å². The quantitative estimate of drug-likeness (QED) is 0.680. The summed E-state index contributed by atoms with van der Waals surface area (Å²) >= 11 is 4.17. The monoisotopic (exact) mass is 239 g/mol. The summed E-state index contributed by atoms with van der Waals surface area (Å²) in [4.78, 5) is 12.4. The van der Waals surface area contributed by atoms with Crippen LogP contribution in [0.5, 0.6) is 0 Å². The molecule has 0 saturated heterocycles. The van der Waals surface area contributed by atoms with Crippen LogP contribution in [0.4, 0.5) is 0 Å². The van der Waals surface area contributed by atoms with E-state index >= 15 is 0 Å². The number of carbonyl (C=O) groups is 1. The van der Waals surface area contributed by atoms with E-state index in [4.69, 9.17) is 5.11 Å². The molecule has 1 rings (SSSR count). The lowest BCUT2D eigenvalue weighted by Crippen LogP contribution is -2.27. The van der Waals surface area contributed by atoms with Gasteiger partial charge >= 0.3 is 0 Å². The predicted molar refractivity (Wildman–Crippen MR) is 66.7 cm³/mol. The first kappa shape index (κ1) is 13.1. The summed E-state index contributed by atoms with van der Waals surface area (Å²) in [6.45, 7) is 2.22. The molecule has 1 atom stereocenters. The molecule has 0 bridgehead atoms. The molecular weight excluding hydrogens is 222 g/mol. The molecule has 88 valence electrons. The van der Waals surface area contributed by atoms with Crippen molar-refractivity contribution in [1.29, 1.82) is 0 Å². The van der Waals surface area contributed by atoms with Crippen LogP contribution in [-0.4, -0.2) is 23.7 Å². The van der Waals surface area contributed by atoms with Gasteiger partial charge in [0.05, 0.1) is 12.5 Å². The summed E-state index contributed by atoms with van der Waals surface area (Å²) in [6, 6.07) is 7.50. The maximum absolute atomic E-state index is 11.5. The van der Waals surface area contributed by atoms with Crippen LogP contribution in [0.15, 0.2) is 29.2 Å². The van der Waals surface area contributed by atoms with Crippen molar-refractivity contribution in [3.63, 3.8) is 0 Å². The van der Waals surface area contributed by atoms with Gasteiger partial charge in [0, 0.05) is 11.4 Å². The molecule has 0 radical (unpaired) electrons. The second-order valence-corrected chi connectivity index (χ2v) is 4.35. The zero-order valence-electron chi connectivity index (χ0n) is 9.31. The molecule has 1 unspecified atom stereocenters. The number of benzene rings is 1. The van der Waals surface area contributed by atoms with Crippen molar-refractivity contribution in [2.45, 2.75) is 30.8 Å². The molecule has 1 amide bonds. The highest BCUT2D eigenvalue weighted by atomic mass is 32.1. The van der Waals surface area contributed by atoms with Crippen molar-refractivity contribution in [3.05, 3.63) is 29.8 Å². The van der Waals surface area contributed by atoms with Gasteiger partial charge < -0.3 is 10.4 Å². The molecule has 16 heavy (non-hydrogen) atoms. The molecule has 2 N–H and O–H groups in total. The molecule has 0 saturated carbocycles. The first-order valence-corrected chi connectivity index (χ1v) is 5.75. The zero-order valence-corrected chi connectivity index (χ0v) is 10.2. The zero-order chi connectivity index (χ0) is 12.0. The highest BCUT2D eigenvalue weighted by molar-refractivity contribution is 7.80. The topological polar surface area (TPSA) is 49.3 Å². The van der Waals surface area contributed by atoms with E-state index in [1.807, 2.05) is 24.3 Å². The van der Waals surface area contributed by atoms with Crippen LogP contribution in [0, 0.1) is 0 Å². The summed E-state index contributed by atoms with van der Waals surface area (Å²) in [5, 5.41) is 11.8. The number of rotatable bonds is 5. The Morgan fingerprint density at radius 1 is 1.44 bits per heavy atom. The molecule has 1 aromatic rings. The fourth-order valence-electron chi connectivity index (χ4n) is 1.28. The van der Waals surface area contributed by atoms with Crippen molar-refractivity contribution in [3.8, 4) is 0 Å². The Bertz CT molecular complexity index is 335. The molecule has 4 heteroatoms. The van der Waals surface area contributed by atoms with Crippen molar-refractivity contribution in [2.24, 2.45) is 0 Å². The Hall–Kier alpha value is -1.00. The summed E-state index contributed by atoms with van der Waals surface area (Å²) < 4.78 is 0. The van der Waals surface area contributed by atoms with E-state index in [9.17, 15) is 4.79 Å². The number of nitrogens with one attached hydrogen (secondary N) is 1. The highest BCUT2D eigenvalue weighted by Gasteiger charge is 2.03. The molecular formula is C12H17NO2S. The van der Waals surface area contributed by atoms with E-state index in [0.717, 1.165) is 10.5 Å². The Balaban J connectivity index is 2.31. The summed E-state index contributed by atoms with van der Waals surface area (Å²) in [7, 11) is 0. The Labute approximate surface area is 101 Å². The van der Waals surface area contributed by atoms with E-state index in [1.165, 1.54) is 0 Å². The van der Waals surface area contributed by atoms with Crippen LogP contribution in [-0.2, 0) is 11.2 Å². The molecule has 0 fully saturated rings. The first-order chi connectivity index (χ1) is 7.58. The fraction of sp³-hybridized carbons (Fsp3) is 0.417. The summed E-state index contributed by atoms with van der Waals surface area (Å²) in [5.74, 6) is -0.0208. The third-order valence-corrected chi connectivity index (χ3v) is 2.48. The van der Waals surface area contributed by atoms with Gasteiger partial charge in [0.1, 0.15) is 0 Å². The van der Waals surface area contributed by atoms with Crippen LogP contribution in [0.25, 0.3) is 0 Å². The molecule has 0 aromatic heterocycles. The van der Waals surface area contributed by atoms with Crippen LogP contribution in [0.2, 0.25) is 0 Å². The van der Waals surface area contributed by atoms with Gasteiger partial charge in [-0.2, -0.15) is 0 Å². The lowest BCUT2D eigenvalue weighted by atomic mass is 10.1. The lowest BCUT2D eigenvalue weighted by molar-refractivity contribution is -0.120. The number of aliphatic hydroxyl groups excluding tert-OH is 1. The fourth-order valence-corrected chi connectivity index (χ4v) is 1.43. The van der Waals surface area contributed by atoms with Crippen molar-refractivity contribution in [2.75, 3.05) is 6.54 Å². The Morgan fingerprint density at radius 3 is 2.62 bits per heavy atom. The van der Waals surface area contributed by atoms with Gasteiger partial charge in [-0.05, 0) is 31.0 Å². The largest absolute Gasteiger partial charge is 0.393 e. The van der Waals surface area contributed by atoms with Crippen LogP contribution in [0.1, 0.15) is 18.9 Å². The van der Waals surface area contributed by atoms with Gasteiger partial charge in [0.2, 0.25) is 5.91 Å². The minimum absolute atomic E-state index is 0.0208. The second-order valence-electron chi connectivity index (χ2n) is 3.83. The smallest absolute Gasteiger partial charge is 0.224 e. The van der Waals surface area contributed by atoms with Crippen LogP contribution in [0.3, 0.4) is 0 Å². The molecule has 0 spiro atoms. The standard InChI is InChI=1S/C12H17NO2S/c1-9(14)6-7-13-12(15)8-10-2-4-11(16)5-3-10/h2-5,9,14,16H,6-8H2,1H3,(H,13,15). The maximum atomic E-state index is 11.5. The van der Waals surface area contributed by atoms with Gasteiger partial charge in [-0.1, -0.05) is 12.1 Å².